The van der Waals surface area contributed by atoms with E-state index in [-0.39, 0.29) is 5.91 Å². The van der Waals surface area contributed by atoms with Gasteiger partial charge in [-0.1, -0.05) is 59.9 Å². The molecule has 0 aliphatic rings. The third-order valence-electron chi connectivity index (χ3n) is 3.31. The molecule has 0 unspecified atom stereocenters. The third kappa shape index (κ3) is 4.51. The summed E-state index contributed by atoms with van der Waals surface area (Å²) in [4.78, 5) is 12.1. The van der Waals surface area contributed by atoms with Crippen LogP contribution in [0.5, 0.6) is 5.75 Å². The van der Waals surface area contributed by atoms with Crippen molar-refractivity contribution < 1.29 is 9.53 Å². The van der Waals surface area contributed by atoms with Gasteiger partial charge in [0.2, 0.25) is 11.0 Å². The number of carbonyl (C=O) groups excluding carboxylic acids is 1. The van der Waals surface area contributed by atoms with Crippen molar-refractivity contribution in [3.8, 4) is 16.3 Å². The molecule has 6 heteroatoms. The first-order chi connectivity index (χ1) is 12.3. The largest absolute Gasteiger partial charge is 0.493 e. The molecule has 0 aliphatic carbocycles. The highest BCUT2D eigenvalue weighted by Crippen LogP contribution is 2.26. The summed E-state index contributed by atoms with van der Waals surface area (Å²) in [6, 6.07) is 17.3. The van der Waals surface area contributed by atoms with E-state index < -0.39 is 0 Å². The van der Waals surface area contributed by atoms with Crippen LogP contribution >= 0.6 is 11.3 Å². The highest BCUT2D eigenvalue weighted by atomic mass is 32.1. The summed E-state index contributed by atoms with van der Waals surface area (Å²) in [5.41, 5.74) is 1.82. The molecule has 1 heterocycles. The topological polar surface area (TPSA) is 64.1 Å². The molecule has 1 aromatic heterocycles. The molecule has 1 N–H and O–H groups in total. The molecule has 126 valence electrons. The quantitative estimate of drug-likeness (QED) is 0.674. The van der Waals surface area contributed by atoms with E-state index in [0.29, 0.717) is 11.7 Å². The Balaban J connectivity index is 1.66. The van der Waals surface area contributed by atoms with Gasteiger partial charge in [0.1, 0.15) is 10.8 Å². The van der Waals surface area contributed by atoms with Crippen molar-refractivity contribution >= 4 is 28.5 Å². The van der Waals surface area contributed by atoms with E-state index in [2.05, 4.69) is 15.5 Å². The van der Waals surface area contributed by atoms with E-state index in [1.807, 2.05) is 61.5 Å². The van der Waals surface area contributed by atoms with Crippen LogP contribution in [0.4, 0.5) is 5.13 Å². The number of anilines is 1. The summed E-state index contributed by atoms with van der Waals surface area (Å²) in [5, 5.41) is 12.1. The van der Waals surface area contributed by atoms with Crippen LogP contribution in [0.1, 0.15) is 12.5 Å². The Morgan fingerprint density at radius 3 is 2.68 bits per heavy atom. The molecule has 0 fully saturated rings. The van der Waals surface area contributed by atoms with Crippen LogP contribution < -0.4 is 10.1 Å². The third-order valence-corrected chi connectivity index (χ3v) is 4.20. The van der Waals surface area contributed by atoms with E-state index in [1.54, 1.807) is 6.08 Å². The first-order valence-electron chi connectivity index (χ1n) is 7.86. The van der Waals surface area contributed by atoms with Gasteiger partial charge < -0.3 is 4.74 Å². The summed E-state index contributed by atoms with van der Waals surface area (Å²) >= 11 is 1.33. The lowest BCUT2D eigenvalue weighted by molar-refractivity contribution is -0.111. The molecule has 1 amide bonds. The van der Waals surface area contributed by atoms with Gasteiger partial charge in [-0.2, -0.15) is 0 Å². The van der Waals surface area contributed by atoms with Crippen LogP contribution in [-0.2, 0) is 4.79 Å². The van der Waals surface area contributed by atoms with E-state index in [1.165, 1.54) is 17.4 Å². The van der Waals surface area contributed by atoms with E-state index >= 15 is 0 Å². The van der Waals surface area contributed by atoms with Gasteiger partial charge in [-0.3, -0.25) is 10.1 Å². The molecule has 0 aliphatic heterocycles. The molecule has 0 saturated heterocycles. The van der Waals surface area contributed by atoms with Gasteiger partial charge in [-0.15, -0.1) is 10.2 Å². The zero-order valence-corrected chi connectivity index (χ0v) is 14.5. The predicted molar refractivity (Wildman–Crippen MR) is 101 cm³/mol. The van der Waals surface area contributed by atoms with Gasteiger partial charge in [0.15, 0.2) is 0 Å². The fourth-order valence-corrected chi connectivity index (χ4v) is 2.94. The zero-order chi connectivity index (χ0) is 17.5. The molecule has 3 aromatic rings. The number of amides is 1. The number of carbonyl (C=O) groups is 1. The average Bonchev–Trinajstić information content (AvgIpc) is 3.10. The van der Waals surface area contributed by atoms with Crippen LogP contribution in [0, 0.1) is 0 Å². The number of nitrogens with one attached hydrogen (secondary N) is 1. The Kier molecular flexibility index (Phi) is 5.53. The predicted octanol–water partition coefficient (Wildman–Crippen LogP) is 4.26. The number of para-hydroxylation sites is 1. The monoisotopic (exact) mass is 351 g/mol. The van der Waals surface area contributed by atoms with Crippen molar-refractivity contribution in [2.75, 3.05) is 11.9 Å². The molecule has 2 aromatic carbocycles. The van der Waals surface area contributed by atoms with Gasteiger partial charge >= 0.3 is 0 Å². The Morgan fingerprint density at radius 1 is 1.12 bits per heavy atom. The van der Waals surface area contributed by atoms with Crippen LogP contribution in [0.25, 0.3) is 16.6 Å². The number of rotatable bonds is 6. The Bertz CT molecular complexity index is 875. The van der Waals surface area contributed by atoms with Crippen molar-refractivity contribution in [2.24, 2.45) is 0 Å². The van der Waals surface area contributed by atoms with Crippen molar-refractivity contribution in [3.05, 3.63) is 66.2 Å². The van der Waals surface area contributed by atoms with Gasteiger partial charge in [0.05, 0.1) is 6.61 Å². The maximum absolute atomic E-state index is 12.1. The second kappa shape index (κ2) is 8.21. The van der Waals surface area contributed by atoms with E-state index in [4.69, 9.17) is 4.74 Å². The van der Waals surface area contributed by atoms with Gasteiger partial charge in [0, 0.05) is 17.2 Å². The van der Waals surface area contributed by atoms with Crippen molar-refractivity contribution in [1.82, 2.24) is 10.2 Å². The minimum atomic E-state index is -0.262. The lowest BCUT2D eigenvalue weighted by atomic mass is 10.2. The van der Waals surface area contributed by atoms with E-state index in [0.717, 1.165) is 21.9 Å². The molecule has 25 heavy (non-hydrogen) atoms. The molecule has 0 radical (unpaired) electrons. The fourth-order valence-electron chi connectivity index (χ4n) is 2.19. The maximum Gasteiger partial charge on any atom is 0.250 e. The molecular formula is C19H17N3O2S. The lowest BCUT2D eigenvalue weighted by Gasteiger charge is -2.05. The minimum absolute atomic E-state index is 0.262. The fraction of sp³-hybridized carbons (Fsp3) is 0.105. The Labute approximate surface area is 150 Å². The Morgan fingerprint density at radius 2 is 1.88 bits per heavy atom. The number of ether oxygens (including phenoxy) is 1. The molecule has 0 spiro atoms. The summed E-state index contributed by atoms with van der Waals surface area (Å²) < 4.78 is 5.54. The molecule has 3 rings (SSSR count). The van der Waals surface area contributed by atoms with Gasteiger partial charge in [0.25, 0.3) is 0 Å². The molecule has 0 saturated carbocycles. The van der Waals surface area contributed by atoms with Crippen molar-refractivity contribution in [2.45, 2.75) is 6.92 Å². The van der Waals surface area contributed by atoms with Crippen LogP contribution in [-0.4, -0.2) is 22.7 Å². The Hall–Kier alpha value is -2.99. The molecule has 0 bridgehead atoms. The lowest BCUT2D eigenvalue weighted by Crippen LogP contribution is -2.07. The smallest absolute Gasteiger partial charge is 0.250 e. The summed E-state index contributed by atoms with van der Waals surface area (Å²) in [5.74, 6) is 0.485. The second-order valence-electron chi connectivity index (χ2n) is 5.07. The number of hydrogen-bond donors (Lipinski definition) is 1. The van der Waals surface area contributed by atoms with Crippen molar-refractivity contribution in [3.63, 3.8) is 0 Å². The van der Waals surface area contributed by atoms with Gasteiger partial charge in [-0.25, -0.2) is 0 Å². The summed E-state index contributed by atoms with van der Waals surface area (Å²) in [6.07, 6.45) is 3.18. The molecule has 5 nitrogen and oxygen atoms in total. The van der Waals surface area contributed by atoms with Crippen molar-refractivity contribution in [1.29, 1.82) is 0 Å². The number of aromatic nitrogens is 2. The highest BCUT2D eigenvalue weighted by molar-refractivity contribution is 7.18. The average molecular weight is 351 g/mol. The van der Waals surface area contributed by atoms with Crippen LogP contribution in [0.15, 0.2) is 60.7 Å². The number of nitrogens with zero attached hydrogens (tertiary/aromatic N) is 2. The van der Waals surface area contributed by atoms with E-state index in [9.17, 15) is 4.79 Å². The summed E-state index contributed by atoms with van der Waals surface area (Å²) in [6.45, 7) is 2.50. The molecule has 0 atom stereocenters. The highest BCUT2D eigenvalue weighted by Gasteiger charge is 2.08. The number of benzene rings is 2. The maximum atomic E-state index is 12.1. The summed E-state index contributed by atoms with van der Waals surface area (Å²) in [7, 11) is 0. The number of hydrogen-bond acceptors (Lipinski definition) is 5. The normalized spacial score (nSPS) is 10.8. The first kappa shape index (κ1) is 16.9. The van der Waals surface area contributed by atoms with Crippen LogP contribution in [0.2, 0.25) is 0 Å². The van der Waals surface area contributed by atoms with Gasteiger partial charge in [-0.05, 0) is 19.1 Å². The minimum Gasteiger partial charge on any atom is -0.493 e. The SMILES string of the molecule is CCOc1ccccc1/C=C/C(=O)Nc1nnc(-c2ccccc2)s1. The standard InChI is InChI=1S/C19H17N3O2S/c1-2-24-16-11-7-6-8-14(16)12-13-17(23)20-19-22-21-18(25-19)15-9-4-3-5-10-15/h3-13H,2H2,1H3,(H,20,22,23)/b13-12+. The second-order valence-corrected chi connectivity index (χ2v) is 6.05. The van der Waals surface area contributed by atoms with Crippen LogP contribution in [0.3, 0.4) is 0 Å². The first-order valence-corrected chi connectivity index (χ1v) is 8.67. The molecular weight excluding hydrogens is 334 g/mol. The zero-order valence-electron chi connectivity index (χ0n) is 13.7.